The number of anilines is 1. The summed E-state index contributed by atoms with van der Waals surface area (Å²) < 4.78 is 1.52. The highest BCUT2D eigenvalue weighted by Gasteiger charge is 2.02. The van der Waals surface area contributed by atoms with Crippen molar-refractivity contribution in [2.45, 2.75) is 6.92 Å². The van der Waals surface area contributed by atoms with Gasteiger partial charge in [-0.25, -0.2) is 0 Å². The van der Waals surface area contributed by atoms with Crippen molar-refractivity contribution in [3.63, 3.8) is 0 Å². The summed E-state index contributed by atoms with van der Waals surface area (Å²) in [5.74, 6) is 0.724. The maximum absolute atomic E-state index is 10.6. The number of aryl methyl sites for hydroxylation is 2. The molecule has 0 atom stereocenters. The zero-order chi connectivity index (χ0) is 8.43. The number of nitrogens with zero attached hydrogens (tertiary/aromatic N) is 2. The summed E-state index contributed by atoms with van der Waals surface area (Å²) in [5, 5.41) is 6.70. The molecule has 1 heterocycles. The highest BCUT2D eigenvalue weighted by atomic mass is 127. The fraction of sp³-hybridized carbons (Fsp3) is 0.333. The predicted octanol–water partition coefficient (Wildman–Crippen LogP) is 1.70. The molecular formula is C6H8IN3O. The topological polar surface area (TPSA) is 46.9 Å². The van der Waals surface area contributed by atoms with Crippen LogP contribution in [0.2, 0.25) is 0 Å². The molecule has 60 valence electrons. The monoisotopic (exact) mass is 265 g/mol. The van der Waals surface area contributed by atoms with E-state index in [2.05, 4.69) is 10.4 Å². The molecule has 0 aliphatic heterocycles. The Bertz CT molecular complexity index is 281. The summed E-state index contributed by atoms with van der Waals surface area (Å²) in [6, 6.07) is 1.82. The van der Waals surface area contributed by atoms with E-state index in [1.807, 2.05) is 13.0 Å². The van der Waals surface area contributed by atoms with Gasteiger partial charge in [-0.15, -0.1) is 0 Å². The first-order valence-corrected chi connectivity index (χ1v) is 4.14. The summed E-state index contributed by atoms with van der Waals surface area (Å²) >= 11 is 1.68. The molecule has 1 aromatic rings. The van der Waals surface area contributed by atoms with Crippen molar-refractivity contribution in [2.24, 2.45) is 7.05 Å². The van der Waals surface area contributed by atoms with E-state index >= 15 is 0 Å². The van der Waals surface area contributed by atoms with Crippen LogP contribution in [-0.2, 0) is 7.05 Å². The molecule has 1 N–H and O–H groups in total. The van der Waals surface area contributed by atoms with Crippen LogP contribution in [0, 0.1) is 6.92 Å². The summed E-state index contributed by atoms with van der Waals surface area (Å²) in [5.41, 5.74) is 0.896. The lowest BCUT2D eigenvalue weighted by molar-refractivity contribution is 0.271. The lowest BCUT2D eigenvalue weighted by Gasteiger charge is -1.98. The second-order valence-electron chi connectivity index (χ2n) is 2.19. The Morgan fingerprint density at radius 2 is 2.45 bits per heavy atom. The van der Waals surface area contributed by atoms with E-state index in [9.17, 15) is 4.79 Å². The standard InChI is InChI=1S/C6H8IN3O/c1-4-3-5(8-6(7)11)10(2)9-4/h3H,1-2H3,(H,8,11). The first-order chi connectivity index (χ1) is 5.09. The smallest absolute Gasteiger partial charge is 0.286 e. The Labute approximate surface area is 78.1 Å². The number of carbonyl (C=O) groups excluding carboxylic acids is 1. The van der Waals surface area contributed by atoms with Crippen molar-refractivity contribution in [3.05, 3.63) is 11.8 Å². The molecule has 0 unspecified atom stereocenters. The van der Waals surface area contributed by atoms with Gasteiger partial charge in [0, 0.05) is 35.7 Å². The van der Waals surface area contributed by atoms with E-state index in [1.165, 1.54) is 0 Å². The number of carbonyl (C=O) groups is 1. The van der Waals surface area contributed by atoms with E-state index in [1.54, 1.807) is 34.3 Å². The summed E-state index contributed by atoms with van der Waals surface area (Å²) in [7, 11) is 1.79. The molecule has 0 radical (unpaired) electrons. The minimum absolute atomic E-state index is 0.106. The van der Waals surface area contributed by atoms with Crippen LogP contribution in [0.25, 0.3) is 0 Å². The molecule has 0 aliphatic carbocycles. The van der Waals surface area contributed by atoms with Crippen LogP contribution < -0.4 is 5.32 Å². The number of hydrogen-bond donors (Lipinski definition) is 1. The van der Waals surface area contributed by atoms with Gasteiger partial charge in [0.05, 0.1) is 5.69 Å². The number of amides is 1. The number of hydrogen-bond acceptors (Lipinski definition) is 2. The maximum atomic E-state index is 10.6. The molecule has 1 aromatic heterocycles. The predicted molar refractivity (Wildman–Crippen MR) is 51.0 cm³/mol. The second kappa shape index (κ2) is 3.21. The third-order valence-electron chi connectivity index (χ3n) is 1.23. The van der Waals surface area contributed by atoms with Crippen LogP contribution in [0.3, 0.4) is 0 Å². The summed E-state index contributed by atoms with van der Waals surface area (Å²) in [4.78, 5) is 10.6. The molecule has 4 nitrogen and oxygen atoms in total. The van der Waals surface area contributed by atoms with Crippen LogP contribution >= 0.6 is 22.6 Å². The zero-order valence-electron chi connectivity index (χ0n) is 6.26. The van der Waals surface area contributed by atoms with Gasteiger partial charge in [-0.1, -0.05) is 0 Å². The Morgan fingerprint density at radius 3 is 2.82 bits per heavy atom. The van der Waals surface area contributed by atoms with Gasteiger partial charge in [0.25, 0.3) is 3.91 Å². The van der Waals surface area contributed by atoms with Crippen LogP contribution in [0.5, 0.6) is 0 Å². The SMILES string of the molecule is Cc1cc(NC(=O)I)n(C)n1. The quantitative estimate of drug-likeness (QED) is 0.477. The van der Waals surface area contributed by atoms with Gasteiger partial charge in [0.2, 0.25) is 0 Å². The van der Waals surface area contributed by atoms with Crippen molar-refractivity contribution in [2.75, 3.05) is 5.32 Å². The van der Waals surface area contributed by atoms with Crippen molar-refractivity contribution >= 4 is 32.3 Å². The Hall–Kier alpha value is -0.590. The third kappa shape index (κ3) is 2.18. The third-order valence-corrected chi connectivity index (χ3v) is 1.50. The van der Waals surface area contributed by atoms with Crippen molar-refractivity contribution < 1.29 is 4.79 Å². The largest absolute Gasteiger partial charge is 0.302 e. The number of nitrogens with one attached hydrogen (secondary N) is 1. The maximum Gasteiger partial charge on any atom is 0.286 e. The van der Waals surface area contributed by atoms with Crippen LogP contribution in [-0.4, -0.2) is 13.7 Å². The summed E-state index contributed by atoms with van der Waals surface area (Å²) in [6.07, 6.45) is 0. The normalized spacial score (nSPS) is 9.73. The second-order valence-corrected chi connectivity index (χ2v) is 3.17. The van der Waals surface area contributed by atoms with Crippen LogP contribution in [0.1, 0.15) is 5.69 Å². The van der Waals surface area contributed by atoms with Crippen LogP contribution in [0.15, 0.2) is 6.07 Å². The van der Waals surface area contributed by atoms with Crippen LogP contribution in [0.4, 0.5) is 10.6 Å². The number of halogens is 1. The molecule has 0 saturated carbocycles. The molecule has 0 bridgehead atoms. The van der Waals surface area contributed by atoms with E-state index in [4.69, 9.17) is 0 Å². The molecule has 0 aromatic carbocycles. The van der Waals surface area contributed by atoms with E-state index in [-0.39, 0.29) is 3.91 Å². The highest BCUT2D eigenvalue weighted by molar-refractivity contribution is 14.1. The number of rotatable bonds is 1. The Kier molecular flexibility index (Phi) is 2.48. The molecular weight excluding hydrogens is 257 g/mol. The fourth-order valence-corrected chi connectivity index (χ4v) is 1.10. The average molecular weight is 265 g/mol. The van der Waals surface area contributed by atoms with E-state index in [0.29, 0.717) is 0 Å². The molecule has 0 spiro atoms. The number of aromatic nitrogens is 2. The minimum atomic E-state index is -0.106. The highest BCUT2D eigenvalue weighted by Crippen LogP contribution is 2.08. The van der Waals surface area contributed by atoms with E-state index < -0.39 is 0 Å². The average Bonchev–Trinajstić information content (AvgIpc) is 2.09. The molecule has 5 heteroatoms. The van der Waals surface area contributed by atoms with E-state index in [0.717, 1.165) is 11.5 Å². The van der Waals surface area contributed by atoms with Crippen molar-refractivity contribution in [1.29, 1.82) is 0 Å². The fourth-order valence-electron chi connectivity index (χ4n) is 0.828. The lowest BCUT2D eigenvalue weighted by atomic mass is 10.5. The Balaban J connectivity index is 2.85. The molecule has 1 rings (SSSR count). The molecule has 11 heavy (non-hydrogen) atoms. The first-order valence-electron chi connectivity index (χ1n) is 3.06. The van der Waals surface area contributed by atoms with Crippen molar-refractivity contribution in [1.82, 2.24) is 9.78 Å². The Morgan fingerprint density at radius 1 is 1.82 bits per heavy atom. The summed E-state index contributed by atoms with van der Waals surface area (Å²) in [6.45, 7) is 1.88. The lowest BCUT2D eigenvalue weighted by Crippen LogP contribution is -2.05. The van der Waals surface area contributed by atoms with Gasteiger partial charge in [-0.05, 0) is 6.92 Å². The van der Waals surface area contributed by atoms with Gasteiger partial charge < -0.3 is 5.32 Å². The van der Waals surface area contributed by atoms with Gasteiger partial charge in [0.15, 0.2) is 0 Å². The van der Waals surface area contributed by atoms with Crippen molar-refractivity contribution in [3.8, 4) is 0 Å². The van der Waals surface area contributed by atoms with Gasteiger partial charge >= 0.3 is 0 Å². The van der Waals surface area contributed by atoms with Gasteiger partial charge in [0.1, 0.15) is 5.82 Å². The molecule has 1 amide bonds. The molecule has 0 aliphatic rings. The molecule has 0 fully saturated rings. The molecule has 0 saturated heterocycles. The zero-order valence-corrected chi connectivity index (χ0v) is 8.42. The first kappa shape index (κ1) is 8.51. The minimum Gasteiger partial charge on any atom is -0.302 e. The van der Waals surface area contributed by atoms with Gasteiger partial charge in [-0.2, -0.15) is 5.10 Å². The van der Waals surface area contributed by atoms with Gasteiger partial charge in [-0.3, -0.25) is 9.48 Å².